The van der Waals surface area contributed by atoms with Gasteiger partial charge in [-0.2, -0.15) is 0 Å². The minimum Gasteiger partial charge on any atom is -0.488 e. The van der Waals surface area contributed by atoms with Crippen molar-refractivity contribution in [1.82, 2.24) is 25.8 Å². The number of nitrogens with zero attached hydrogens (tertiary/aromatic N) is 2. The van der Waals surface area contributed by atoms with Crippen LogP contribution in [0.25, 0.3) is 10.4 Å². The molecule has 5 amide bonds. The maximum absolute atomic E-state index is 15.6. The summed E-state index contributed by atoms with van der Waals surface area (Å²) in [7, 11) is 0. The summed E-state index contributed by atoms with van der Waals surface area (Å²) < 4.78 is 26.6. The quantitative estimate of drug-likeness (QED) is 0.0792. The first-order valence-electron chi connectivity index (χ1n) is 21.0. The van der Waals surface area contributed by atoms with E-state index in [0.717, 1.165) is 21.7 Å². The molecule has 4 rings (SSSR count). The fourth-order valence-electron chi connectivity index (χ4n) is 7.11. The van der Waals surface area contributed by atoms with E-state index in [4.69, 9.17) is 26.8 Å². The van der Waals surface area contributed by atoms with E-state index in [1.165, 1.54) is 17.0 Å². The standard InChI is InChI=1S/C45H62ClFN6O8S/c1-26(28-14-16-29(17-15-28)39-27(2)49-25-62-39)50-41(57)34-22-33(54)23-53(34)42(58)40(44(3,4)5)52-37(56)13-11-9-10-12-30-20-31(46)21-35(38(30)47)60-24-32(18-19-36(48)55)51-43(59)61-45(6,7)8/h14-17,20-21,25-26,32-34,40,54H,9-13,18-19,22-24H2,1-8H3,(H2,48,55)(H,50,57)(H,51,59)(H,52,56)/t26-,32-,33+,34-,40+/m0/s1. The monoisotopic (exact) mass is 900 g/mol. The van der Waals surface area contributed by atoms with Gasteiger partial charge in [0.05, 0.1) is 34.3 Å². The number of nitrogens with one attached hydrogen (secondary N) is 3. The van der Waals surface area contributed by atoms with Crippen LogP contribution in [0, 0.1) is 18.2 Å². The molecule has 0 spiro atoms. The molecule has 0 aliphatic carbocycles. The number of ether oxygens (including phenoxy) is 2. The number of rotatable bonds is 19. The first-order chi connectivity index (χ1) is 29.0. The largest absolute Gasteiger partial charge is 0.488 e. The number of aryl methyl sites for hydroxylation is 2. The highest BCUT2D eigenvalue weighted by Crippen LogP contribution is 2.31. The normalized spacial score (nSPS) is 16.9. The average Bonchev–Trinajstić information content (AvgIpc) is 3.79. The van der Waals surface area contributed by atoms with Gasteiger partial charge in [-0.05, 0) is 88.5 Å². The third-order valence-corrected chi connectivity index (χ3v) is 11.6. The molecule has 5 atom stereocenters. The first-order valence-corrected chi connectivity index (χ1v) is 22.2. The van der Waals surface area contributed by atoms with E-state index in [-0.39, 0.29) is 61.6 Å². The van der Waals surface area contributed by atoms with E-state index < -0.39 is 64.9 Å². The predicted octanol–water partition coefficient (Wildman–Crippen LogP) is 6.92. The molecular formula is C45H62ClFN6O8S. The van der Waals surface area contributed by atoms with Crippen LogP contribution in [-0.2, 0) is 30.3 Å². The van der Waals surface area contributed by atoms with Crippen LogP contribution in [-0.4, -0.2) is 87.7 Å². The highest BCUT2D eigenvalue weighted by Gasteiger charge is 2.44. The molecule has 340 valence electrons. The molecule has 1 saturated heterocycles. The van der Waals surface area contributed by atoms with Crippen LogP contribution >= 0.6 is 22.9 Å². The summed E-state index contributed by atoms with van der Waals surface area (Å²) in [5, 5.41) is 19.4. The number of halogens is 2. The van der Waals surface area contributed by atoms with Crippen LogP contribution in [0.3, 0.4) is 0 Å². The Morgan fingerprint density at radius 2 is 1.71 bits per heavy atom. The van der Waals surface area contributed by atoms with Gasteiger partial charge in [-0.1, -0.05) is 63.1 Å². The molecule has 2 aromatic carbocycles. The molecule has 1 aromatic heterocycles. The molecule has 0 saturated carbocycles. The molecular weight excluding hydrogens is 839 g/mol. The number of β-amino-alcohol motifs (C(OH)–C–C–N with tert-alkyl or cyclic N) is 1. The zero-order chi connectivity index (χ0) is 45.9. The van der Waals surface area contributed by atoms with Gasteiger partial charge in [0.15, 0.2) is 11.6 Å². The van der Waals surface area contributed by atoms with Gasteiger partial charge in [0.2, 0.25) is 23.6 Å². The lowest BCUT2D eigenvalue weighted by atomic mass is 9.85. The fourth-order valence-corrected chi connectivity index (χ4v) is 8.15. The Hall–Kier alpha value is -4.80. The number of nitrogens with two attached hydrogens (primary N) is 1. The Balaban J connectivity index is 1.29. The van der Waals surface area contributed by atoms with E-state index in [1.807, 2.05) is 58.9 Å². The van der Waals surface area contributed by atoms with Gasteiger partial charge in [0.1, 0.15) is 24.3 Å². The summed E-state index contributed by atoms with van der Waals surface area (Å²) in [6, 6.07) is 7.74. The Bertz CT molecular complexity index is 2030. The maximum Gasteiger partial charge on any atom is 0.407 e. The number of hydrogen-bond donors (Lipinski definition) is 5. The number of aliphatic hydroxyl groups excluding tert-OH is 1. The van der Waals surface area contributed by atoms with E-state index in [2.05, 4.69) is 20.9 Å². The number of benzene rings is 2. The average molecular weight is 902 g/mol. The molecule has 62 heavy (non-hydrogen) atoms. The number of alkyl carbamates (subject to hydrolysis) is 1. The number of carbonyl (C=O) groups excluding carboxylic acids is 5. The van der Waals surface area contributed by atoms with Crippen molar-refractivity contribution in [2.45, 2.75) is 143 Å². The van der Waals surface area contributed by atoms with Crippen LogP contribution in [0.5, 0.6) is 5.75 Å². The van der Waals surface area contributed by atoms with Crippen molar-refractivity contribution in [3.8, 4) is 16.2 Å². The molecule has 0 unspecified atom stereocenters. The highest BCUT2D eigenvalue weighted by molar-refractivity contribution is 7.13. The van der Waals surface area contributed by atoms with Gasteiger partial charge in [-0.3, -0.25) is 19.2 Å². The molecule has 17 heteroatoms. The van der Waals surface area contributed by atoms with Crippen molar-refractivity contribution in [2.75, 3.05) is 13.2 Å². The second-order valence-electron chi connectivity index (χ2n) is 18.0. The summed E-state index contributed by atoms with van der Waals surface area (Å²) in [4.78, 5) is 71.6. The Morgan fingerprint density at radius 1 is 1.02 bits per heavy atom. The lowest BCUT2D eigenvalue weighted by Crippen LogP contribution is -2.57. The maximum atomic E-state index is 15.6. The second-order valence-corrected chi connectivity index (χ2v) is 19.3. The van der Waals surface area contributed by atoms with Crippen molar-refractivity contribution in [2.24, 2.45) is 11.1 Å². The summed E-state index contributed by atoms with van der Waals surface area (Å²) in [5.74, 6) is -2.49. The number of primary amides is 1. The SMILES string of the molecule is Cc1ncsc1-c1ccc([C@H](C)NC(=O)[C@@H]2C[C@@H](O)CN2C(=O)[C@@H](NC(=O)CCCCCc2cc(Cl)cc(OC[C@H](CCC(N)=O)NC(=O)OC(C)(C)C)c2F)C(C)(C)C)cc1. The van der Waals surface area contributed by atoms with E-state index in [0.29, 0.717) is 31.2 Å². The van der Waals surface area contributed by atoms with Crippen molar-refractivity contribution in [3.63, 3.8) is 0 Å². The summed E-state index contributed by atoms with van der Waals surface area (Å²) in [6.45, 7) is 14.2. The van der Waals surface area contributed by atoms with Crippen LogP contribution in [0.15, 0.2) is 41.9 Å². The number of aromatic nitrogens is 1. The number of carbonyl (C=O) groups is 5. The summed E-state index contributed by atoms with van der Waals surface area (Å²) >= 11 is 7.88. The molecule has 0 radical (unpaired) electrons. The molecule has 0 bridgehead atoms. The number of hydrogen-bond acceptors (Lipinski definition) is 10. The van der Waals surface area contributed by atoms with Crippen molar-refractivity contribution < 1.29 is 42.9 Å². The third kappa shape index (κ3) is 14.9. The Morgan fingerprint density at radius 3 is 2.32 bits per heavy atom. The van der Waals surface area contributed by atoms with Crippen molar-refractivity contribution in [1.29, 1.82) is 0 Å². The van der Waals surface area contributed by atoms with Gasteiger partial charge >= 0.3 is 6.09 Å². The highest BCUT2D eigenvalue weighted by atomic mass is 35.5. The first kappa shape index (κ1) is 49.9. The summed E-state index contributed by atoms with van der Waals surface area (Å²) in [5.41, 5.74) is 8.80. The van der Waals surface area contributed by atoms with Gasteiger partial charge in [0, 0.05) is 36.9 Å². The Labute approximate surface area is 372 Å². The molecule has 2 heterocycles. The minimum atomic E-state index is -0.968. The number of amides is 5. The number of unbranched alkanes of at least 4 members (excludes halogenated alkanes) is 2. The van der Waals surface area contributed by atoms with Crippen LogP contribution in [0.1, 0.15) is 116 Å². The van der Waals surface area contributed by atoms with Gasteiger partial charge < -0.3 is 41.2 Å². The number of thiazole rings is 1. The Kier molecular flexibility index (Phi) is 17.7. The van der Waals surface area contributed by atoms with Gasteiger partial charge in [0.25, 0.3) is 0 Å². The van der Waals surface area contributed by atoms with Crippen LogP contribution in [0.2, 0.25) is 5.02 Å². The van der Waals surface area contributed by atoms with E-state index >= 15 is 4.39 Å². The zero-order valence-electron chi connectivity index (χ0n) is 36.9. The van der Waals surface area contributed by atoms with Crippen molar-refractivity contribution >= 4 is 52.7 Å². The third-order valence-electron chi connectivity index (χ3n) is 10.4. The van der Waals surface area contributed by atoms with Crippen molar-refractivity contribution in [3.05, 3.63) is 69.6 Å². The number of aliphatic hydroxyl groups is 1. The smallest absolute Gasteiger partial charge is 0.407 e. The van der Waals surface area contributed by atoms with E-state index in [9.17, 15) is 29.1 Å². The number of likely N-dealkylation sites (tertiary alicyclic amines) is 1. The van der Waals surface area contributed by atoms with Gasteiger partial charge in [-0.25, -0.2) is 14.2 Å². The van der Waals surface area contributed by atoms with Gasteiger partial charge in [-0.15, -0.1) is 11.3 Å². The zero-order valence-corrected chi connectivity index (χ0v) is 38.5. The molecule has 1 aliphatic heterocycles. The molecule has 1 fully saturated rings. The fraction of sp³-hybridized carbons (Fsp3) is 0.556. The second kappa shape index (κ2) is 22.0. The molecule has 6 N–H and O–H groups in total. The lowest BCUT2D eigenvalue weighted by molar-refractivity contribution is -0.144. The molecule has 3 aromatic rings. The van der Waals surface area contributed by atoms with Crippen LogP contribution in [0.4, 0.5) is 9.18 Å². The van der Waals surface area contributed by atoms with Crippen LogP contribution < -0.4 is 26.4 Å². The predicted molar refractivity (Wildman–Crippen MR) is 237 cm³/mol. The minimum absolute atomic E-state index is 0.0361. The lowest BCUT2D eigenvalue weighted by Gasteiger charge is -2.35. The summed E-state index contributed by atoms with van der Waals surface area (Å²) in [6.07, 6.45) is 0.497. The topological polar surface area (TPSA) is 202 Å². The van der Waals surface area contributed by atoms with E-state index in [1.54, 1.807) is 37.6 Å². The molecule has 14 nitrogen and oxygen atoms in total. The molecule has 1 aliphatic rings.